The first-order valence-corrected chi connectivity index (χ1v) is 12.3. The van der Waals surface area contributed by atoms with E-state index in [4.69, 9.17) is 0 Å². The molecule has 0 bridgehead atoms. The predicted octanol–water partition coefficient (Wildman–Crippen LogP) is 4.57. The Morgan fingerprint density at radius 2 is 1.81 bits per heavy atom. The Balaban J connectivity index is 1.33. The molecule has 2 heterocycles. The topological polar surface area (TPSA) is 54.3 Å². The number of amides is 1. The van der Waals surface area contributed by atoms with Crippen molar-refractivity contribution in [2.75, 3.05) is 30.8 Å². The summed E-state index contributed by atoms with van der Waals surface area (Å²) in [4.78, 5) is 17.0. The van der Waals surface area contributed by atoms with Crippen LogP contribution >= 0.6 is 11.8 Å². The molecule has 32 heavy (non-hydrogen) atoms. The summed E-state index contributed by atoms with van der Waals surface area (Å²) >= 11 is 1.43. The van der Waals surface area contributed by atoms with Gasteiger partial charge in [-0.3, -0.25) is 9.36 Å². The van der Waals surface area contributed by atoms with Crippen LogP contribution < -0.4 is 4.90 Å². The Bertz CT molecular complexity index is 1030. The van der Waals surface area contributed by atoms with Crippen molar-refractivity contribution < 1.29 is 4.79 Å². The number of hydrogen-bond donors (Lipinski definition) is 0. The van der Waals surface area contributed by atoms with E-state index in [2.05, 4.69) is 58.4 Å². The zero-order chi connectivity index (χ0) is 22.3. The van der Waals surface area contributed by atoms with Crippen LogP contribution in [0.2, 0.25) is 0 Å². The fourth-order valence-corrected chi connectivity index (χ4v) is 4.96. The predicted molar refractivity (Wildman–Crippen MR) is 130 cm³/mol. The zero-order valence-electron chi connectivity index (χ0n) is 18.9. The standard InChI is InChI=1S/C25H31N5OS/c1-3-21-9-5-6-10-23(21)30-19-26-27-25(30)32-18-24(31)28(2)17-20-11-13-22(14-12-20)29-15-7-4-8-16-29/h5-6,9-14,19H,3-4,7-8,15-18H2,1-2H3. The van der Waals surface area contributed by atoms with Crippen LogP contribution in [0.4, 0.5) is 5.69 Å². The Morgan fingerprint density at radius 3 is 2.56 bits per heavy atom. The van der Waals surface area contributed by atoms with Crippen molar-refractivity contribution in [3.63, 3.8) is 0 Å². The number of carbonyl (C=O) groups excluding carboxylic acids is 1. The zero-order valence-corrected chi connectivity index (χ0v) is 19.7. The number of rotatable bonds is 8. The smallest absolute Gasteiger partial charge is 0.233 e. The maximum absolute atomic E-state index is 12.8. The Morgan fingerprint density at radius 1 is 1.06 bits per heavy atom. The Hall–Kier alpha value is -2.80. The highest BCUT2D eigenvalue weighted by molar-refractivity contribution is 7.99. The second-order valence-electron chi connectivity index (χ2n) is 8.22. The minimum Gasteiger partial charge on any atom is -0.372 e. The lowest BCUT2D eigenvalue weighted by atomic mass is 10.1. The fraction of sp³-hybridized carbons (Fsp3) is 0.400. The van der Waals surface area contributed by atoms with Gasteiger partial charge in [-0.2, -0.15) is 0 Å². The van der Waals surface area contributed by atoms with Crippen molar-refractivity contribution in [3.8, 4) is 5.69 Å². The van der Waals surface area contributed by atoms with Crippen molar-refractivity contribution in [3.05, 3.63) is 66.0 Å². The van der Waals surface area contributed by atoms with E-state index in [0.717, 1.165) is 35.9 Å². The van der Waals surface area contributed by atoms with E-state index in [1.54, 1.807) is 11.2 Å². The number of carbonyl (C=O) groups is 1. The van der Waals surface area contributed by atoms with Gasteiger partial charge in [0, 0.05) is 32.4 Å². The third kappa shape index (κ3) is 5.33. The summed E-state index contributed by atoms with van der Waals surface area (Å²) in [6, 6.07) is 16.9. The lowest BCUT2D eigenvalue weighted by Crippen LogP contribution is -2.29. The molecule has 1 aliphatic rings. The third-order valence-corrected chi connectivity index (χ3v) is 6.90. The van der Waals surface area contributed by atoms with Gasteiger partial charge in [-0.15, -0.1) is 10.2 Å². The van der Waals surface area contributed by atoms with Crippen molar-refractivity contribution in [1.29, 1.82) is 0 Å². The number of aryl methyl sites for hydroxylation is 1. The van der Waals surface area contributed by atoms with E-state index < -0.39 is 0 Å². The van der Waals surface area contributed by atoms with Gasteiger partial charge in [0.15, 0.2) is 5.16 Å². The first-order valence-electron chi connectivity index (χ1n) is 11.3. The van der Waals surface area contributed by atoms with Crippen LogP contribution in [0.1, 0.15) is 37.3 Å². The molecule has 0 radical (unpaired) electrons. The van der Waals surface area contributed by atoms with Gasteiger partial charge in [-0.25, -0.2) is 0 Å². The molecular formula is C25H31N5OS. The van der Waals surface area contributed by atoms with Crippen LogP contribution in [-0.4, -0.2) is 51.5 Å². The number of nitrogens with zero attached hydrogens (tertiary/aromatic N) is 5. The average molecular weight is 450 g/mol. The molecule has 3 aromatic rings. The van der Waals surface area contributed by atoms with Gasteiger partial charge >= 0.3 is 0 Å². The molecule has 4 rings (SSSR count). The summed E-state index contributed by atoms with van der Waals surface area (Å²) in [5.41, 5.74) is 4.72. The fourth-order valence-electron chi connectivity index (χ4n) is 4.10. The van der Waals surface area contributed by atoms with Gasteiger partial charge in [0.25, 0.3) is 0 Å². The van der Waals surface area contributed by atoms with E-state index >= 15 is 0 Å². The Kier molecular flexibility index (Phi) is 7.47. The van der Waals surface area contributed by atoms with Crippen LogP contribution in [0.15, 0.2) is 60.0 Å². The molecule has 1 saturated heterocycles. The van der Waals surface area contributed by atoms with E-state index in [1.165, 1.54) is 42.3 Å². The van der Waals surface area contributed by atoms with Crippen molar-refractivity contribution in [2.45, 2.75) is 44.3 Å². The lowest BCUT2D eigenvalue weighted by Gasteiger charge is -2.29. The van der Waals surface area contributed by atoms with E-state index in [1.807, 2.05) is 23.7 Å². The molecule has 0 atom stereocenters. The number of anilines is 1. The molecule has 0 aliphatic carbocycles. The molecular weight excluding hydrogens is 418 g/mol. The molecule has 6 nitrogen and oxygen atoms in total. The minimum atomic E-state index is 0.0773. The molecule has 168 valence electrons. The Labute approximate surface area is 194 Å². The number of hydrogen-bond acceptors (Lipinski definition) is 5. The SMILES string of the molecule is CCc1ccccc1-n1cnnc1SCC(=O)N(C)Cc1ccc(N2CCCCC2)cc1. The second kappa shape index (κ2) is 10.7. The van der Waals surface area contributed by atoms with Crippen molar-refractivity contribution >= 4 is 23.4 Å². The summed E-state index contributed by atoms with van der Waals surface area (Å²) in [6.45, 7) is 5.02. The van der Waals surface area contributed by atoms with Gasteiger partial charge in [-0.1, -0.05) is 49.0 Å². The van der Waals surface area contributed by atoms with Crippen molar-refractivity contribution in [1.82, 2.24) is 19.7 Å². The van der Waals surface area contributed by atoms with Crippen LogP contribution in [0.3, 0.4) is 0 Å². The summed E-state index contributed by atoms with van der Waals surface area (Å²) in [5.74, 6) is 0.406. The normalized spacial score (nSPS) is 13.9. The highest BCUT2D eigenvalue weighted by atomic mass is 32.2. The van der Waals surface area contributed by atoms with Crippen molar-refractivity contribution in [2.24, 2.45) is 0 Å². The van der Waals surface area contributed by atoms with Gasteiger partial charge < -0.3 is 9.80 Å². The van der Waals surface area contributed by atoms with E-state index in [0.29, 0.717) is 12.3 Å². The van der Waals surface area contributed by atoms with Gasteiger partial charge in [-0.05, 0) is 55.0 Å². The maximum atomic E-state index is 12.8. The number of benzene rings is 2. The molecule has 1 amide bonds. The molecule has 0 spiro atoms. The number of para-hydroxylation sites is 1. The van der Waals surface area contributed by atoms with Crippen LogP contribution in [-0.2, 0) is 17.8 Å². The van der Waals surface area contributed by atoms with Gasteiger partial charge in [0.2, 0.25) is 5.91 Å². The molecule has 1 aromatic heterocycles. The first-order chi connectivity index (χ1) is 15.7. The molecule has 1 aliphatic heterocycles. The number of thioether (sulfide) groups is 1. The molecule has 7 heteroatoms. The average Bonchev–Trinajstić information content (AvgIpc) is 3.32. The molecule has 2 aromatic carbocycles. The van der Waals surface area contributed by atoms with Crippen LogP contribution in [0, 0.1) is 0 Å². The highest BCUT2D eigenvalue weighted by Gasteiger charge is 2.15. The summed E-state index contributed by atoms with van der Waals surface area (Å²) in [5, 5.41) is 9.05. The summed E-state index contributed by atoms with van der Waals surface area (Å²) < 4.78 is 1.97. The molecule has 0 unspecified atom stereocenters. The molecule has 1 fully saturated rings. The van der Waals surface area contributed by atoms with E-state index in [9.17, 15) is 4.79 Å². The third-order valence-electron chi connectivity index (χ3n) is 5.98. The summed E-state index contributed by atoms with van der Waals surface area (Å²) in [6.07, 6.45) is 6.52. The quantitative estimate of drug-likeness (QED) is 0.472. The number of aromatic nitrogens is 3. The molecule has 0 N–H and O–H groups in total. The van der Waals surface area contributed by atoms with E-state index in [-0.39, 0.29) is 5.91 Å². The maximum Gasteiger partial charge on any atom is 0.233 e. The molecule has 0 saturated carbocycles. The number of piperidine rings is 1. The lowest BCUT2D eigenvalue weighted by molar-refractivity contribution is -0.127. The van der Waals surface area contributed by atoms with Crippen LogP contribution in [0.25, 0.3) is 5.69 Å². The van der Waals surface area contributed by atoms with Gasteiger partial charge in [0.1, 0.15) is 6.33 Å². The summed E-state index contributed by atoms with van der Waals surface area (Å²) in [7, 11) is 1.86. The first kappa shape index (κ1) is 22.4. The highest BCUT2D eigenvalue weighted by Crippen LogP contribution is 2.23. The monoisotopic (exact) mass is 449 g/mol. The largest absolute Gasteiger partial charge is 0.372 e. The minimum absolute atomic E-state index is 0.0773. The second-order valence-corrected chi connectivity index (χ2v) is 9.16. The van der Waals surface area contributed by atoms with Crippen LogP contribution in [0.5, 0.6) is 0 Å². The van der Waals surface area contributed by atoms with Gasteiger partial charge in [0.05, 0.1) is 11.4 Å².